The Labute approximate surface area is 149 Å². The lowest BCUT2D eigenvalue weighted by Crippen LogP contribution is -2.15. The zero-order valence-electron chi connectivity index (χ0n) is 13.2. The Balaban J connectivity index is 2.25. The molecule has 0 saturated heterocycles. The van der Waals surface area contributed by atoms with Crippen LogP contribution in [0.25, 0.3) is 0 Å². The third-order valence-corrected chi connectivity index (χ3v) is 3.86. The van der Waals surface area contributed by atoms with Gasteiger partial charge in [-0.1, -0.05) is 55.2 Å². The predicted molar refractivity (Wildman–Crippen MR) is 92.7 cm³/mol. The maximum atomic E-state index is 12.3. The highest BCUT2D eigenvalue weighted by molar-refractivity contribution is 6.51. The van der Waals surface area contributed by atoms with E-state index in [4.69, 9.17) is 33.0 Å². The molecule has 0 saturated carbocycles. The van der Waals surface area contributed by atoms with Gasteiger partial charge in [0.1, 0.15) is 11.8 Å². The average Bonchev–Trinajstić information content (AvgIpc) is 3.01. The molecule has 0 aliphatic heterocycles. The molecule has 1 aromatic heterocycles. The fourth-order valence-corrected chi connectivity index (χ4v) is 2.03. The Kier molecular flexibility index (Phi) is 5.27. The number of Topliss-reactive ketones (excluding diaryl/α,β-unsaturated/α-hetero) is 1. The zero-order chi connectivity index (χ0) is 17.9. The number of nitriles is 1. The molecule has 124 valence electrons. The molecule has 0 bridgehead atoms. The number of benzene rings is 1. The van der Waals surface area contributed by atoms with Crippen molar-refractivity contribution < 1.29 is 9.32 Å². The van der Waals surface area contributed by atoms with E-state index in [9.17, 15) is 4.79 Å². The summed E-state index contributed by atoms with van der Waals surface area (Å²) in [4.78, 5) is 12.3. The van der Waals surface area contributed by atoms with E-state index in [2.05, 4.69) is 15.7 Å². The lowest BCUT2D eigenvalue weighted by atomic mass is 9.93. The van der Waals surface area contributed by atoms with Crippen molar-refractivity contribution >= 4 is 40.4 Å². The molecule has 2 rings (SSSR count). The van der Waals surface area contributed by atoms with E-state index in [0.717, 1.165) is 0 Å². The van der Waals surface area contributed by atoms with Crippen molar-refractivity contribution in [2.75, 3.05) is 5.43 Å². The summed E-state index contributed by atoms with van der Waals surface area (Å²) in [5.74, 6) is -0.114. The Morgan fingerprint density at radius 3 is 2.67 bits per heavy atom. The smallest absolute Gasteiger partial charge is 0.245 e. The summed E-state index contributed by atoms with van der Waals surface area (Å²) in [5.41, 5.74) is 2.27. The minimum atomic E-state index is -0.651. The zero-order valence-corrected chi connectivity index (χ0v) is 14.7. The van der Waals surface area contributed by atoms with E-state index in [1.54, 1.807) is 24.3 Å². The van der Waals surface area contributed by atoms with Crippen molar-refractivity contribution in [3.05, 3.63) is 45.8 Å². The Morgan fingerprint density at radius 1 is 1.38 bits per heavy atom. The number of halogens is 2. The number of nitrogens with one attached hydrogen (secondary N) is 1. The predicted octanol–water partition coefficient (Wildman–Crippen LogP) is 4.45. The first kappa shape index (κ1) is 18.0. The van der Waals surface area contributed by atoms with Gasteiger partial charge < -0.3 is 4.52 Å². The van der Waals surface area contributed by atoms with Crippen LogP contribution in [0.3, 0.4) is 0 Å². The molecule has 0 spiro atoms. The molecule has 2 aromatic rings. The topological polar surface area (TPSA) is 91.3 Å². The summed E-state index contributed by atoms with van der Waals surface area (Å²) >= 11 is 11.9. The number of hydrogen-bond acceptors (Lipinski definition) is 6. The summed E-state index contributed by atoms with van der Waals surface area (Å²) in [6.07, 6.45) is 0. The number of rotatable bonds is 4. The maximum Gasteiger partial charge on any atom is 0.245 e. The largest absolute Gasteiger partial charge is 0.360 e. The third-order valence-electron chi connectivity index (χ3n) is 3.04. The van der Waals surface area contributed by atoms with Gasteiger partial charge in [0.15, 0.2) is 5.69 Å². The lowest BCUT2D eigenvalue weighted by Gasteiger charge is -2.11. The summed E-state index contributed by atoms with van der Waals surface area (Å²) in [6.45, 7) is 5.76. The highest BCUT2D eigenvalue weighted by atomic mass is 35.5. The fourth-order valence-electron chi connectivity index (χ4n) is 1.69. The molecule has 6 nitrogen and oxygen atoms in total. The molecular weight excluding hydrogens is 351 g/mol. The van der Waals surface area contributed by atoms with Gasteiger partial charge in [0.25, 0.3) is 0 Å². The summed E-state index contributed by atoms with van der Waals surface area (Å²) in [5, 5.41) is 17.2. The van der Waals surface area contributed by atoms with E-state index >= 15 is 0 Å². The Bertz CT molecular complexity index is 844. The van der Waals surface area contributed by atoms with Crippen molar-refractivity contribution in [2.45, 2.75) is 26.2 Å². The van der Waals surface area contributed by atoms with E-state index in [-0.39, 0.29) is 21.8 Å². The van der Waals surface area contributed by atoms with Crippen LogP contribution in [0.4, 0.5) is 5.69 Å². The van der Waals surface area contributed by atoms with Crippen LogP contribution in [0.15, 0.2) is 33.9 Å². The number of hydrazone groups is 1. The number of aromatic nitrogens is 1. The van der Waals surface area contributed by atoms with Gasteiger partial charge in [-0.05, 0) is 12.1 Å². The van der Waals surface area contributed by atoms with Crippen LogP contribution in [0.2, 0.25) is 10.0 Å². The highest BCUT2D eigenvalue weighted by Crippen LogP contribution is 2.29. The van der Waals surface area contributed by atoms with Gasteiger partial charge in [0, 0.05) is 11.5 Å². The molecule has 8 heteroatoms. The molecule has 0 amide bonds. The van der Waals surface area contributed by atoms with E-state index in [1.807, 2.05) is 20.8 Å². The monoisotopic (exact) mass is 364 g/mol. The number of carbonyl (C=O) groups excluding carboxylic acids is 1. The molecule has 0 fully saturated rings. The minimum Gasteiger partial charge on any atom is -0.360 e. The summed E-state index contributed by atoms with van der Waals surface area (Å²) < 4.78 is 5.15. The Hall–Kier alpha value is -2.36. The summed E-state index contributed by atoms with van der Waals surface area (Å²) in [7, 11) is 0. The highest BCUT2D eigenvalue weighted by Gasteiger charge is 2.24. The van der Waals surface area contributed by atoms with Gasteiger partial charge in [-0.2, -0.15) is 10.4 Å². The van der Waals surface area contributed by atoms with Crippen molar-refractivity contribution in [3.8, 4) is 6.07 Å². The second kappa shape index (κ2) is 7.04. The quantitative estimate of drug-likeness (QED) is 0.491. The third kappa shape index (κ3) is 3.94. The van der Waals surface area contributed by atoms with Crippen LogP contribution in [-0.4, -0.2) is 16.7 Å². The molecule has 0 radical (unpaired) electrons. The van der Waals surface area contributed by atoms with E-state index < -0.39 is 5.78 Å². The molecule has 24 heavy (non-hydrogen) atoms. The lowest BCUT2D eigenvalue weighted by molar-refractivity contribution is 0.105. The van der Waals surface area contributed by atoms with Gasteiger partial charge in [0.05, 0.1) is 15.7 Å². The average molecular weight is 365 g/mol. The summed E-state index contributed by atoms with van der Waals surface area (Å²) in [6, 6.07) is 8.12. The first-order chi connectivity index (χ1) is 11.2. The number of ketones is 1. The van der Waals surface area contributed by atoms with Crippen molar-refractivity contribution in [1.29, 1.82) is 5.26 Å². The van der Waals surface area contributed by atoms with Gasteiger partial charge in [-0.3, -0.25) is 10.2 Å². The molecule has 0 aliphatic carbocycles. The molecule has 1 aromatic carbocycles. The number of nitrogens with zero attached hydrogens (tertiary/aromatic N) is 3. The van der Waals surface area contributed by atoms with Gasteiger partial charge in [0.2, 0.25) is 11.5 Å². The van der Waals surface area contributed by atoms with Crippen molar-refractivity contribution in [2.24, 2.45) is 5.10 Å². The number of hydrogen-bond donors (Lipinski definition) is 1. The first-order valence-corrected chi connectivity index (χ1v) is 7.69. The van der Waals surface area contributed by atoms with E-state index in [0.29, 0.717) is 16.5 Å². The number of anilines is 1. The SMILES string of the molecule is CC(C)(C)c1cc(C(=O)C(C#N)=NNc2cccc(Cl)c2Cl)no1. The normalized spacial score (nSPS) is 11.9. The van der Waals surface area contributed by atoms with Crippen LogP contribution in [0, 0.1) is 11.3 Å². The molecule has 0 atom stereocenters. The molecular formula is C16H14Cl2N4O2. The molecule has 1 N–H and O–H groups in total. The molecule has 1 heterocycles. The van der Waals surface area contributed by atoms with Gasteiger partial charge in [-0.25, -0.2) is 0 Å². The van der Waals surface area contributed by atoms with Crippen LogP contribution in [0.5, 0.6) is 0 Å². The molecule has 0 unspecified atom stereocenters. The standard InChI is InChI=1S/C16H14Cl2N4O2/c1-16(2,3)13-7-11(22-24-13)15(23)12(8-19)21-20-10-6-4-5-9(17)14(10)18/h4-7,20H,1-3H3. The second-order valence-corrected chi connectivity index (χ2v) is 6.73. The van der Waals surface area contributed by atoms with Crippen LogP contribution in [0.1, 0.15) is 37.0 Å². The number of carbonyl (C=O) groups is 1. The van der Waals surface area contributed by atoms with Crippen LogP contribution in [-0.2, 0) is 5.41 Å². The van der Waals surface area contributed by atoms with Crippen LogP contribution >= 0.6 is 23.2 Å². The maximum absolute atomic E-state index is 12.3. The first-order valence-electron chi connectivity index (χ1n) is 6.93. The van der Waals surface area contributed by atoms with Crippen LogP contribution < -0.4 is 5.43 Å². The van der Waals surface area contributed by atoms with Gasteiger partial charge >= 0.3 is 0 Å². The Morgan fingerprint density at radius 2 is 2.08 bits per heavy atom. The van der Waals surface area contributed by atoms with Crippen molar-refractivity contribution in [1.82, 2.24) is 5.16 Å². The molecule has 0 aliphatic rings. The minimum absolute atomic E-state index is 0.0132. The van der Waals surface area contributed by atoms with Crippen molar-refractivity contribution in [3.63, 3.8) is 0 Å². The second-order valence-electron chi connectivity index (χ2n) is 5.94. The van der Waals surface area contributed by atoms with Gasteiger partial charge in [-0.15, -0.1) is 0 Å². The van der Waals surface area contributed by atoms with E-state index in [1.165, 1.54) is 6.07 Å². The fraction of sp³-hybridized carbons (Fsp3) is 0.250.